The minimum atomic E-state index is -0.0839. The van der Waals surface area contributed by atoms with Crippen LogP contribution in [0.3, 0.4) is 0 Å². The molecule has 1 amide bonds. The highest BCUT2D eigenvalue weighted by Crippen LogP contribution is 2.45. The van der Waals surface area contributed by atoms with E-state index in [0.717, 1.165) is 16.8 Å². The maximum absolute atomic E-state index is 12.2. The molecule has 2 aromatic rings. The molecule has 0 unspecified atom stereocenters. The highest BCUT2D eigenvalue weighted by Gasteiger charge is 2.30. The van der Waals surface area contributed by atoms with Crippen LogP contribution in [0, 0.1) is 0 Å². The molecule has 2 aliphatic heterocycles. The second-order valence-corrected chi connectivity index (χ2v) is 6.00. The summed E-state index contributed by atoms with van der Waals surface area (Å²) in [5.74, 6) is 2.58. The van der Waals surface area contributed by atoms with Crippen LogP contribution in [0.1, 0.15) is 23.5 Å². The predicted octanol–water partition coefficient (Wildman–Crippen LogP) is 2.95. The van der Waals surface area contributed by atoms with Crippen molar-refractivity contribution in [3.63, 3.8) is 0 Å². The third-order valence-corrected chi connectivity index (χ3v) is 4.56. The van der Waals surface area contributed by atoms with Crippen molar-refractivity contribution in [2.75, 3.05) is 32.8 Å². The van der Waals surface area contributed by atoms with E-state index < -0.39 is 0 Å². The Hall–Kier alpha value is -2.89. The summed E-state index contributed by atoms with van der Waals surface area (Å²) in [7, 11) is 3.20. The summed E-state index contributed by atoms with van der Waals surface area (Å²) < 4.78 is 22.0. The van der Waals surface area contributed by atoms with Gasteiger partial charge in [0.2, 0.25) is 5.91 Å². The van der Waals surface area contributed by atoms with Crippen molar-refractivity contribution in [2.45, 2.75) is 12.3 Å². The van der Waals surface area contributed by atoms with Crippen LogP contribution in [0.15, 0.2) is 30.3 Å². The molecular weight excluding hydrogens is 322 g/mol. The Bertz CT molecular complexity index is 833. The van der Waals surface area contributed by atoms with Gasteiger partial charge >= 0.3 is 0 Å². The molecule has 0 saturated carbocycles. The maximum Gasteiger partial charge on any atom is 0.225 e. The van der Waals surface area contributed by atoms with E-state index in [9.17, 15) is 4.79 Å². The molecule has 0 fully saturated rings. The van der Waals surface area contributed by atoms with E-state index in [1.54, 1.807) is 14.2 Å². The molecule has 2 aliphatic rings. The number of methoxy groups -OCH3 is 2. The zero-order valence-corrected chi connectivity index (χ0v) is 14.1. The van der Waals surface area contributed by atoms with Gasteiger partial charge in [-0.15, -0.1) is 0 Å². The van der Waals surface area contributed by atoms with Gasteiger partial charge in [-0.05, 0) is 29.3 Å². The van der Waals surface area contributed by atoms with Gasteiger partial charge in [0.05, 0.1) is 14.2 Å². The van der Waals surface area contributed by atoms with Gasteiger partial charge < -0.3 is 24.3 Å². The molecule has 0 aliphatic carbocycles. The normalized spacial score (nSPS) is 18.2. The number of rotatable bonds is 3. The molecule has 0 bridgehead atoms. The van der Waals surface area contributed by atoms with Crippen molar-refractivity contribution in [3.05, 3.63) is 41.5 Å². The third-order valence-electron chi connectivity index (χ3n) is 4.56. The monoisotopic (exact) mass is 341 g/mol. The number of amides is 1. The average molecular weight is 341 g/mol. The fourth-order valence-electron chi connectivity index (χ4n) is 3.36. The SMILES string of the molecule is COc1ccc([C@@H]2CC(=O)Nc3cc4c(cc32)OCCO4)cc1OC. The number of nitrogens with one attached hydrogen (secondary N) is 1. The van der Waals surface area contributed by atoms with Gasteiger partial charge in [0.1, 0.15) is 13.2 Å². The quantitative estimate of drug-likeness (QED) is 0.930. The van der Waals surface area contributed by atoms with Crippen molar-refractivity contribution in [1.29, 1.82) is 0 Å². The molecular formula is C19H19NO5. The van der Waals surface area contributed by atoms with E-state index in [-0.39, 0.29) is 11.8 Å². The minimum absolute atomic E-state index is 0.0241. The van der Waals surface area contributed by atoms with Crippen LogP contribution < -0.4 is 24.3 Å². The zero-order valence-electron chi connectivity index (χ0n) is 14.1. The van der Waals surface area contributed by atoms with Crippen molar-refractivity contribution in [3.8, 4) is 23.0 Å². The van der Waals surface area contributed by atoms with Crippen LogP contribution in [-0.4, -0.2) is 33.3 Å². The van der Waals surface area contributed by atoms with E-state index >= 15 is 0 Å². The number of benzene rings is 2. The number of hydrogen-bond donors (Lipinski definition) is 1. The number of carbonyl (C=O) groups is 1. The molecule has 2 heterocycles. The highest BCUT2D eigenvalue weighted by atomic mass is 16.6. The smallest absolute Gasteiger partial charge is 0.225 e. The Morgan fingerprint density at radius 3 is 2.44 bits per heavy atom. The molecule has 25 heavy (non-hydrogen) atoms. The summed E-state index contributed by atoms with van der Waals surface area (Å²) in [4.78, 5) is 12.2. The lowest BCUT2D eigenvalue weighted by molar-refractivity contribution is -0.116. The lowest BCUT2D eigenvalue weighted by atomic mass is 9.84. The van der Waals surface area contributed by atoms with Gasteiger partial charge in [0.15, 0.2) is 23.0 Å². The van der Waals surface area contributed by atoms with Gasteiger partial charge in [-0.3, -0.25) is 4.79 Å². The second kappa shape index (κ2) is 6.20. The Morgan fingerprint density at radius 2 is 1.72 bits per heavy atom. The van der Waals surface area contributed by atoms with Gasteiger partial charge in [-0.2, -0.15) is 0 Å². The fourth-order valence-corrected chi connectivity index (χ4v) is 3.36. The Labute approximate surface area is 145 Å². The first kappa shape index (κ1) is 15.6. The maximum atomic E-state index is 12.2. The van der Waals surface area contributed by atoms with Crippen LogP contribution in [0.4, 0.5) is 5.69 Å². The molecule has 6 nitrogen and oxygen atoms in total. The third kappa shape index (κ3) is 2.73. The van der Waals surface area contributed by atoms with Crippen LogP contribution in [-0.2, 0) is 4.79 Å². The second-order valence-electron chi connectivity index (χ2n) is 6.00. The molecule has 130 valence electrons. The zero-order chi connectivity index (χ0) is 17.4. The summed E-state index contributed by atoms with van der Waals surface area (Å²) in [6, 6.07) is 9.55. The molecule has 4 rings (SSSR count). The highest BCUT2D eigenvalue weighted by molar-refractivity contribution is 5.96. The van der Waals surface area contributed by atoms with Crippen molar-refractivity contribution in [1.82, 2.24) is 0 Å². The van der Waals surface area contributed by atoms with Gasteiger partial charge in [-0.25, -0.2) is 0 Å². The molecule has 1 N–H and O–H groups in total. The van der Waals surface area contributed by atoms with Gasteiger partial charge in [0, 0.05) is 24.1 Å². The topological polar surface area (TPSA) is 66.0 Å². The van der Waals surface area contributed by atoms with Crippen LogP contribution in [0.25, 0.3) is 0 Å². The van der Waals surface area contributed by atoms with Crippen LogP contribution in [0.2, 0.25) is 0 Å². The molecule has 0 aromatic heterocycles. The van der Waals surface area contributed by atoms with E-state index in [1.807, 2.05) is 30.3 Å². The molecule has 2 aromatic carbocycles. The molecule has 0 radical (unpaired) electrons. The van der Waals surface area contributed by atoms with Crippen LogP contribution in [0.5, 0.6) is 23.0 Å². The number of anilines is 1. The summed E-state index contributed by atoms with van der Waals surface area (Å²) >= 11 is 0. The van der Waals surface area contributed by atoms with E-state index in [0.29, 0.717) is 42.6 Å². The molecule has 6 heteroatoms. The lowest BCUT2D eigenvalue weighted by Gasteiger charge is -2.29. The van der Waals surface area contributed by atoms with E-state index in [4.69, 9.17) is 18.9 Å². The van der Waals surface area contributed by atoms with Crippen LogP contribution >= 0.6 is 0 Å². The summed E-state index contributed by atoms with van der Waals surface area (Å²) in [6.07, 6.45) is 0.363. The summed E-state index contributed by atoms with van der Waals surface area (Å²) in [5.41, 5.74) is 2.77. The summed E-state index contributed by atoms with van der Waals surface area (Å²) in [6.45, 7) is 1.04. The first-order valence-corrected chi connectivity index (χ1v) is 8.15. The first-order valence-electron chi connectivity index (χ1n) is 8.15. The van der Waals surface area contributed by atoms with Gasteiger partial charge in [0.25, 0.3) is 0 Å². The Balaban J connectivity index is 1.80. The van der Waals surface area contributed by atoms with Gasteiger partial charge in [-0.1, -0.05) is 6.07 Å². The first-order chi connectivity index (χ1) is 12.2. The standard InChI is InChI=1S/C19H19NO5/c1-22-15-4-3-11(7-16(15)23-2)12-9-19(21)20-14-10-18-17(8-13(12)14)24-5-6-25-18/h3-4,7-8,10,12H,5-6,9H2,1-2H3,(H,20,21)/t12-/m0/s1. The molecule has 1 atom stereocenters. The number of ether oxygens (including phenoxy) is 4. The molecule has 0 spiro atoms. The largest absolute Gasteiger partial charge is 0.493 e. The average Bonchev–Trinajstić information content (AvgIpc) is 2.65. The number of fused-ring (bicyclic) bond motifs is 2. The Morgan fingerprint density at radius 1 is 1.00 bits per heavy atom. The minimum Gasteiger partial charge on any atom is -0.493 e. The molecule has 0 saturated heterocycles. The predicted molar refractivity (Wildman–Crippen MR) is 92.1 cm³/mol. The summed E-state index contributed by atoms with van der Waals surface area (Å²) in [5, 5.41) is 2.93. The van der Waals surface area contributed by atoms with E-state index in [2.05, 4.69) is 5.32 Å². The Kier molecular flexibility index (Phi) is 3.87. The fraction of sp³-hybridized carbons (Fsp3) is 0.316. The van der Waals surface area contributed by atoms with E-state index in [1.165, 1.54) is 0 Å². The number of hydrogen-bond acceptors (Lipinski definition) is 5. The van der Waals surface area contributed by atoms with Crippen molar-refractivity contribution < 1.29 is 23.7 Å². The number of carbonyl (C=O) groups excluding carboxylic acids is 1. The van der Waals surface area contributed by atoms with Crippen molar-refractivity contribution in [2.24, 2.45) is 0 Å². The lowest BCUT2D eigenvalue weighted by Crippen LogP contribution is -2.24. The van der Waals surface area contributed by atoms with Crippen molar-refractivity contribution >= 4 is 11.6 Å².